The van der Waals surface area contributed by atoms with Crippen LogP contribution in [-0.2, 0) is 0 Å². The third-order valence-corrected chi connectivity index (χ3v) is 2.93. The molecule has 0 saturated carbocycles. The fourth-order valence-corrected chi connectivity index (χ4v) is 2.00. The van der Waals surface area contributed by atoms with Crippen LogP contribution in [0.15, 0.2) is 49.1 Å². The Balaban J connectivity index is 2.04. The third kappa shape index (κ3) is 2.63. The number of anilines is 2. The van der Waals surface area contributed by atoms with Gasteiger partial charge in [-0.25, -0.2) is 20.8 Å². The van der Waals surface area contributed by atoms with Crippen molar-refractivity contribution in [3.05, 3.63) is 54.6 Å². The summed E-state index contributed by atoms with van der Waals surface area (Å²) in [5, 5.41) is 3.48. The Morgan fingerprint density at radius 2 is 1.90 bits per heavy atom. The molecule has 21 heavy (non-hydrogen) atoms. The van der Waals surface area contributed by atoms with Crippen LogP contribution in [-0.4, -0.2) is 20.9 Å². The number of nitrogens with two attached hydrogens (primary N) is 1. The fraction of sp³-hybridized carbons (Fsp3) is 0. The van der Waals surface area contributed by atoms with Crippen LogP contribution >= 0.6 is 0 Å². The fourth-order valence-electron chi connectivity index (χ4n) is 2.00. The van der Waals surface area contributed by atoms with Crippen molar-refractivity contribution in [1.29, 1.82) is 0 Å². The van der Waals surface area contributed by atoms with Crippen LogP contribution < -0.4 is 16.6 Å². The van der Waals surface area contributed by atoms with Gasteiger partial charge in [-0.3, -0.25) is 4.79 Å². The second kappa shape index (κ2) is 5.51. The molecule has 2 heterocycles. The number of carbonyl (C=O) groups is 1. The Bertz CT molecular complexity index is 790. The lowest BCUT2D eigenvalue weighted by atomic mass is 10.1. The zero-order valence-electron chi connectivity index (χ0n) is 10.9. The van der Waals surface area contributed by atoms with E-state index in [1.165, 1.54) is 18.7 Å². The quantitative estimate of drug-likeness (QED) is 0.496. The number of hydrazine groups is 1. The van der Waals surface area contributed by atoms with Gasteiger partial charge in [0.15, 0.2) is 0 Å². The maximum absolute atomic E-state index is 12.4. The third-order valence-electron chi connectivity index (χ3n) is 2.93. The van der Waals surface area contributed by atoms with E-state index in [-0.39, 0.29) is 5.91 Å². The second-order valence-corrected chi connectivity index (χ2v) is 4.30. The van der Waals surface area contributed by atoms with E-state index in [4.69, 9.17) is 5.84 Å². The van der Waals surface area contributed by atoms with Gasteiger partial charge in [-0.15, -0.1) is 0 Å². The molecule has 104 valence electrons. The van der Waals surface area contributed by atoms with E-state index >= 15 is 0 Å². The molecule has 0 radical (unpaired) electrons. The molecule has 0 fully saturated rings. The van der Waals surface area contributed by atoms with E-state index < -0.39 is 0 Å². The van der Waals surface area contributed by atoms with Crippen molar-refractivity contribution in [1.82, 2.24) is 15.0 Å². The number of para-hydroxylation sites is 1. The van der Waals surface area contributed by atoms with Gasteiger partial charge in [0.05, 0.1) is 29.2 Å². The molecule has 2 aromatic heterocycles. The minimum absolute atomic E-state index is 0.278. The van der Waals surface area contributed by atoms with Crippen LogP contribution in [0, 0.1) is 0 Å². The van der Waals surface area contributed by atoms with E-state index in [0.29, 0.717) is 22.6 Å². The van der Waals surface area contributed by atoms with Crippen molar-refractivity contribution in [2.75, 3.05) is 10.7 Å². The van der Waals surface area contributed by atoms with Crippen LogP contribution in [0.1, 0.15) is 10.4 Å². The lowest BCUT2D eigenvalue weighted by molar-refractivity contribution is 0.102. The Morgan fingerprint density at radius 3 is 2.67 bits per heavy atom. The highest BCUT2D eigenvalue weighted by atomic mass is 16.1. The Kier molecular flexibility index (Phi) is 3.40. The van der Waals surface area contributed by atoms with Crippen LogP contribution in [0.2, 0.25) is 0 Å². The Hall–Kier alpha value is -3.06. The van der Waals surface area contributed by atoms with Crippen molar-refractivity contribution in [2.45, 2.75) is 0 Å². The van der Waals surface area contributed by atoms with Crippen molar-refractivity contribution < 1.29 is 4.79 Å². The standard InChI is InChI=1S/C14H12N6O/c15-20-13-5-11(10-3-1-2-4-12(10)19-13)14(21)18-9-6-16-8-17-7-9/h1-8H,15H2,(H,18,21)(H,19,20). The number of benzene rings is 1. The number of hydrogen-bond donors (Lipinski definition) is 3. The number of fused-ring (bicyclic) bond motifs is 1. The van der Waals surface area contributed by atoms with Gasteiger partial charge < -0.3 is 10.7 Å². The molecule has 0 bridgehead atoms. The topological polar surface area (TPSA) is 106 Å². The lowest BCUT2D eigenvalue weighted by Gasteiger charge is -2.09. The first kappa shape index (κ1) is 12.9. The van der Waals surface area contributed by atoms with E-state index in [9.17, 15) is 4.79 Å². The van der Waals surface area contributed by atoms with E-state index in [2.05, 4.69) is 25.7 Å². The average molecular weight is 280 g/mol. The highest BCUT2D eigenvalue weighted by Gasteiger charge is 2.13. The molecule has 0 unspecified atom stereocenters. The zero-order chi connectivity index (χ0) is 14.7. The van der Waals surface area contributed by atoms with Gasteiger partial charge in [-0.2, -0.15) is 0 Å². The molecule has 0 aliphatic heterocycles. The molecular weight excluding hydrogens is 268 g/mol. The summed E-state index contributed by atoms with van der Waals surface area (Å²) in [5.41, 5.74) is 4.13. The van der Waals surface area contributed by atoms with Crippen LogP contribution in [0.3, 0.4) is 0 Å². The lowest BCUT2D eigenvalue weighted by Crippen LogP contribution is -2.15. The monoisotopic (exact) mass is 280 g/mol. The maximum atomic E-state index is 12.4. The highest BCUT2D eigenvalue weighted by molar-refractivity contribution is 6.12. The van der Waals surface area contributed by atoms with Gasteiger partial charge >= 0.3 is 0 Å². The molecule has 0 aliphatic rings. The normalized spacial score (nSPS) is 10.3. The summed E-state index contributed by atoms with van der Waals surface area (Å²) < 4.78 is 0. The summed E-state index contributed by atoms with van der Waals surface area (Å²) in [6.45, 7) is 0. The first-order chi connectivity index (χ1) is 10.3. The second-order valence-electron chi connectivity index (χ2n) is 4.30. The molecule has 0 saturated heterocycles. The summed E-state index contributed by atoms with van der Waals surface area (Å²) in [7, 11) is 0. The number of aromatic nitrogens is 3. The summed E-state index contributed by atoms with van der Waals surface area (Å²) in [5.74, 6) is 5.54. The van der Waals surface area contributed by atoms with Crippen molar-refractivity contribution in [3.8, 4) is 0 Å². The van der Waals surface area contributed by atoms with Gasteiger partial charge in [0.2, 0.25) is 0 Å². The Morgan fingerprint density at radius 1 is 1.14 bits per heavy atom. The molecule has 7 heteroatoms. The van der Waals surface area contributed by atoms with Gasteiger partial charge in [0.1, 0.15) is 12.1 Å². The molecule has 3 aromatic rings. The summed E-state index contributed by atoms with van der Waals surface area (Å²) in [6.07, 6.45) is 4.45. The first-order valence-electron chi connectivity index (χ1n) is 6.20. The highest BCUT2D eigenvalue weighted by Crippen LogP contribution is 2.21. The number of nitrogen functional groups attached to an aromatic ring is 1. The predicted octanol–water partition coefficient (Wildman–Crippen LogP) is 1.56. The molecule has 0 spiro atoms. The van der Waals surface area contributed by atoms with Crippen LogP contribution in [0.5, 0.6) is 0 Å². The summed E-state index contributed by atoms with van der Waals surface area (Å²) in [4.78, 5) is 24.5. The van der Waals surface area contributed by atoms with E-state index in [1.807, 2.05) is 24.3 Å². The number of amides is 1. The van der Waals surface area contributed by atoms with Gasteiger partial charge in [-0.05, 0) is 12.1 Å². The molecule has 1 amide bonds. The van der Waals surface area contributed by atoms with Crippen molar-refractivity contribution in [2.24, 2.45) is 5.84 Å². The van der Waals surface area contributed by atoms with Crippen molar-refractivity contribution in [3.63, 3.8) is 0 Å². The van der Waals surface area contributed by atoms with Gasteiger partial charge in [0, 0.05) is 5.39 Å². The smallest absolute Gasteiger partial charge is 0.256 e. The summed E-state index contributed by atoms with van der Waals surface area (Å²) >= 11 is 0. The zero-order valence-corrected chi connectivity index (χ0v) is 10.9. The number of pyridine rings is 1. The molecule has 0 aliphatic carbocycles. The number of rotatable bonds is 3. The minimum Gasteiger partial charge on any atom is -0.319 e. The van der Waals surface area contributed by atoms with Crippen molar-refractivity contribution >= 4 is 28.3 Å². The van der Waals surface area contributed by atoms with Crippen LogP contribution in [0.4, 0.5) is 11.5 Å². The minimum atomic E-state index is -0.278. The maximum Gasteiger partial charge on any atom is 0.256 e. The number of hydrogen-bond acceptors (Lipinski definition) is 6. The summed E-state index contributed by atoms with van der Waals surface area (Å²) in [6, 6.07) is 8.95. The SMILES string of the molecule is NNc1cc(C(=O)Nc2cncnc2)c2ccccc2n1. The molecule has 7 nitrogen and oxygen atoms in total. The average Bonchev–Trinajstić information content (AvgIpc) is 2.54. The largest absolute Gasteiger partial charge is 0.319 e. The number of nitrogens with one attached hydrogen (secondary N) is 2. The Labute approximate surface area is 120 Å². The molecule has 4 N–H and O–H groups in total. The molecule has 1 aromatic carbocycles. The predicted molar refractivity (Wildman–Crippen MR) is 79.5 cm³/mol. The van der Waals surface area contributed by atoms with Gasteiger partial charge in [0.25, 0.3) is 5.91 Å². The van der Waals surface area contributed by atoms with Crippen LogP contribution in [0.25, 0.3) is 10.9 Å². The van der Waals surface area contributed by atoms with Gasteiger partial charge in [-0.1, -0.05) is 18.2 Å². The van der Waals surface area contributed by atoms with E-state index in [1.54, 1.807) is 6.07 Å². The molecular formula is C14H12N6O. The molecule has 3 rings (SSSR count). The first-order valence-corrected chi connectivity index (χ1v) is 6.20. The number of carbonyl (C=O) groups excluding carboxylic acids is 1. The van der Waals surface area contributed by atoms with E-state index in [0.717, 1.165) is 5.39 Å². The molecule has 0 atom stereocenters. The number of nitrogens with zero attached hydrogens (tertiary/aromatic N) is 3.